The Morgan fingerprint density at radius 1 is 1.32 bits per heavy atom. The van der Waals surface area contributed by atoms with Gasteiger partial charge < -0.3 is 5.32 Å². The van der Waals surface area contributed by atoms with Gasteiger partial charge >= 0.3 is 12.2 Å². The monoisotopic (exact) mass is 373 g/mol. The molecule has 1 saturated carbocycles. The number of alkyl halides is 3. The summed E-state index contributed by atoms with van der Waals surface area (Å²) in [6.07, 6.45) is -1.84. The zero-order valence-corrected chi connectivity index (χ0v) is 13.8. The van der Waals surface area contributed by atoms with Crippen LogP contribution in [0.25, 0.3) is 5.65 Å². The van der Waals surface area contributed by atoms with Gasteiger partial charge in [-0.25, -0.2) is 4.79 Å². The molecule has 2 aromatic rings. The van der Waals surface area contributed by atoms with Crippen LogP contribution in [0, 0.1) is 0 Å². The Balaban J connectivity index is 1.70. The molecule has 134 valence electrons. The van der Waals surface area contributed by atoms with Gasteiger partial charge in [0.25, 0.3) is 0 Å². The molecular weight excluding hydrogens is 359 g/mol. The van der Waals surface area contributed by atoms with Crippen molar-refractivity contribution in [3.8, 4) is 0 Å². The van der Waals surface area contributed by atoms with E-state index in [1.165, 1.54) is 17.4 Å². The fourth-order valence-electron chi connectivity index (χ4n) is 1.99. The lowest BCUT2D eigenvalue weighted by Gasteiger charge is -2.11. The molecule has 2 aromatic heterocycles. The molecule has 3 amide bonds. The molecule has 25 heavy (non-hydrogen) atoms. The second-order valence-corrected chi connectivity index (χ2v) is 6.93. The number of amides is 3. The molecule has 1 atom stereocenters. The molecular formula is C14H14F3N5O2S. The van der Waals surface area contributed by atoms with Gasteiger partial charge in [-0.1, -0.05) is 11.8 Å². The Hall–Kier alpha value is -2.30. The van der Waals surface area contributed by atoms with Crippen molar-refractivity contribution in [3.05, 3.63) is 23.9 Å². The van der Waals surface area contributed by atoms with Crippen LogP contribution < -0.4 is 10.6 Å². The van der Waals surface area contributed by atoms with Crippen LogP contribution in [-0.4, -0.2) is 37.8 Å². The van der Waals surface area contributed by atoms with Crippen molar-refractivity contribution in [3.63, 3.8) is 0 Å². The number of rotatable bonds is 4. The van der Waals surface area contributed by atoms with E-state index in [-0.39, 0.29) is 16.8 Å². The molecule has 0 bridgehead atoms. The molecule has 11 heteroatoms. The number of aromatic nitrogens is 3. The summed E-state index contributed by atoms with van der Waals surface area (Å²) in [6, 6.07) is 1.65. The van der Waals surface area contributed by atoms with Gasteiger partial charge in [0, 0.05) is 12.2 Å². The molecule has 0 radical (unpaired) electrons. The first-order chi connectivity index (χ1) is 11.7. The summed E-state index contributed by atoms with van der Waals surface area (Å²) in [7, 11) is 0. The van der Waals surface area contributed by atoms with Crippen LogP contribution in [0.3, 0.4) is 0 Å². The second kappa shape index (κ2) is 6.54. The van der Waals surface area contributed by atoms with Gasteiger partial charge in [0.2, 0.25) is 5.91 Å². The number of carbonyl (C=O) groups is 2. The lowest BCUT2D eigenvalue weighted by molar-refractivity contribution is -0.137. The molecule has 1 aliphatic rings. The molecule has 0 aromatic carbocycles. The van der Waals surface area contributed by atoms with Crippen molar-refractivity contribution in [2.75, 3.05) is 0 Å². The molecule has 1 unspecified atom stereocenters. The maximum atomic E-state index is 12.8. The van der Waals surface area contributed by atoms with E-state index in [1.54, 1.807) is 0 Å². The van der Waals surface area contributed by atoms with Crippen molar-refractivity contribution >= 4 is 29.3 Å². The molecule has 1 aliphatic carbocycles. The molecule has 2 N–H and O–H groups in total. The first-order valence-electron chi connectivity index (χ1n) is 7.44. The summed E-state index contributed by atoms with van der Waals surface area (Å²) in [4.78, 5) is 23.6. The minimum absolute atomic E-state index is 0.108. The number of carbonyl (C=O) groups excluding carboxylic acids is 2. The highest BCUT2D eigenvalue weighted by molar-refractivity contribution is 8.00. The highest BCUT2D eigenvalue weighted by atomic mass is 32.2. The molecule has 2 heterocycles. The van der Waals surface area contributed by atoms with E-state index in [0.29, 0.717) is 0 Å². The van der Waals surface area contributed by atoms with Gasteiger partial charge in [0.05, 0.1) is 10.8 Å². The summed E-state index contributed by atoms with van der Waals surface area (Å²) in [6.45, 7) is 1.53. The van der Waals surface area contributed by atoms with Crippen molar-refractivity contribution in [1.82, 2.24) is 25.2 Å². The largest absolute Gasteiger partial charge is 0.417 e. The number of nitrogens with zero attached hydrogens (tertiary/aromatic N) is 3. The van der Waals surface area contributed by atoms with Crippen LogP contribution >= 0.6 is 11.8 Å². The lowest BCUT2D eigenvalue weighted by atomic mass is 10.3. The summed E-state index contributed by atoms with van der Waals surface area (Å²) < 4.78 is 39.7. The van der Waals surface area contributed by atoms with Crippen LogP contribution in [0.1, 0.15) is 25.3 Å². The number of pyridine rings is 1. The molecule has 7 nitrogen and oxygen atoms in total. The standard InChI is InChI=1S/C14H14F3N5O2S/c1-7(11(23)19-12(24)18-9-3-4-9)25-13-21-20-10-5-2-8(6-22(10)13)14(15,16)17/h2,5-7,9H,3-4H2,1H3,(H2,18,19,23,24). The third kappa shape index (κ3) is 4.21. The maximum absolute atomic E-state index is 12.8. The van der Waals surface area contributed by atoms with Gasteiger partial charge in [-0.2, -0.15) is 13.2 Å². The second-order valence-electron chi connectivity index (χ2n) is 5.62. The van der Waals surface area contributed by atoms with E-state index >= 15 is 0 Å². The number of nitrogens with one attached hydrogen (secondary N) is 2. The SMILES string of the molecule is CC(Sc1nnc2ccc(C(F)(F)F)cn12)C(=O)NC(=O)NC1CC1. The molecule has 0 spiro atoms. The predicted octanol–water partition coefficient (Wildman–Crippen LogP) is 2.22. The van der Waals surface area contributed by atoms with Crippen molar-refractivity contribution in [2.45, 2.75) is 42.4 Å². The number of halogens is 3. The Morgan fingerprint density at radius 2 is 2.04 bits per heavy atom. The quantitative estimate of drug-likeness (QED) is 0.803. The van der Waals surface area contributed by atoms with E-state index < -0.39 is 28.9 Å². The molecule has 3 rings (SSSR count). The van der Waals surface area contributed by atoms with E-state index in [1.807, 2.05) is 0 Å². The third-order valence-corrected chi connectivity index (χ3v) is 4.56. The maximum Gasteiger partial charge on any atom is 0.417 e. The minimum atomic E-state index is -4.50. The number of urea groups is 1. The number of fused-ring (bicyclic) bond motifs is 1. The Morgan fingerprint density at radius 3 is 2.68 bits per heavy atom. The highest BCUT2D eigenvalue weighted by Gasteiger charge is 2.31. The van der Waals surface area contributed by atoms with Gasteiger partial charge in [-0.05, 0) is 31.9 Å². The lowest BCUT2D eigenvalue weighted by Crippen LogP contribution is -2.43. The van der Waals surface area contributed by atoms with Crippen LogP contribution in [-0.2, 0) is 11.0 Å². The average molecular weight is 373 g/mol. The smallest absolute Gasteiger partial charge is 0.335 e. The highest BCUT2D eigenvalue weighted by Crippen LogP contribution is 2.30. The first kappa shape index (κ1) is 17.5. The van der Waals surface area contributed by atoms with Gasteiger partial charge in [0.1, 0.15) is 0 Å². The topological polar surface area (TPSA) is 88.4 Å². The summed E-state index contributed by atoms with van der Waals surface area (Å²) in [5.41, 5.74) is -0.614. The summed E-state index contributed by atoms with van der Waals surface area (Å²) >= 11 is 0.914. The number of imide groups is 1. The van der Waals surface area contributed by atoms with Crippen molar-refractivity contribution in [1.29, 1.82) is 0 Å². The normalized spacial score (nSPS) is 15.8. The zero-order valence-electron chi connectivity index (χ0n) is 13.0. The minimum Gasteiger partial charge on any atom is -0.335 e. The van der Waals surface area contributed by atoms with Crippen LogP contribution in [0.2, 0.25) is 0 Å². The Labute approximate surface area is 144 Å². The molecule has 1 fully saturated rings. The van der Waals surface area contributed by atoms with Crippen LogP contribution in [0.15, 0.2) is 23.5 Å². The number of hydrogen-bond acceptors (Lipinski definition) is 5. The van der Waals surface area contributed by atoms with Gasteiger partial charge in [-0.3, -0.25) is 14.5 Å². The zero-order chi connectivity index (χ0) is 18.2. The Bertz CT molecular complexity index is 818. The molecule has 0 saturated heterocycles. The first-order valence-corrected chi connectivity index (χ1v) is 8.32. The summed E-state index contributed by atoms with van der Waals surface area (Å²) in [5, 5.41) is 11.8. The van der Waals surface area contributed by atoms with Gasteiger partial charge in [0.15, 0.2) is 10.8 Å². The van der Waals surface area contributed by atoms with Crippen molar-refractivity contribution in [2.24, 2.45) is 0 Å². The van der Waals surface area contributed by atoms with Gasteiger partial charge in [-0.15, -0.1) is 10.2 Å². The average Bonchev–Trinajstić information content (AvgIpc) is 3.25. The Kier molecular flexibility index (Phi) is 4.58. The van der Waals surface area contributed by atoms with E-state index in [4.69, 9.17) is 0 Å². The van der Waals surface area contributed by atoms with Crippen LogP contribution in [0.5, 0.6) is 0 Å². The number of hydrogen-bond donors (Lipinski definition) is 2. The predicted molar refractivity (Wildman–Crippen MR) is 83.0 cm³/mol. The fraction of sp³-hybridized carbons (Fsp3) is 0.429. The third-order valence-electron chi connectivity index (χ3n) is 3.50. The fourth-order valence-corrected chi connectivity index (χ4v) is 2.82. The van der Waals surface area contributed by atoms with E-state index in [2.05, 4.69) is 20.8 Å². The van der Waals surface area contributed by atoms with E-state index in [9.17, 15) is 22.8 Å². The summed E-state index contributed by atoms with van der Waals surface area (Å²) in [5.74, 6) is -0.563. The molecule has 0 aliphatic heterocycles. The van der Waals surface area contributed by atoms with E-state index in [0.717, 1.165) is 36.9 Å². The van der Waals surface area contributed by atoms with Crippen molar-refractivity contribution < 1.29 is 22.8 Å². The number of thioether (sulfide) groups is 1. The van der Waals surface area contributed by atoms with Crippen LogP contribution in [0.4, 0.5) is 18.0 Å².